The SMILES string of the molecule is COCc1cc(C)c(C#N)c(SCC(=O)C23CC4CC(CC(C4)C2)C3)n1. The topological polar surface area (TPSA) is 63.0 Å². The van der Waals surface area contributed by atoms with Gasteiger partial charge in [0.05, 0.1) is 23.6 Å². The number of nitrogens with zero attached hydrogens (tertiary/aromatic N) is 2. The fourth-order valence-corrected chi connectivity index (χ4v) is 7.02. The third kappa shape index (κ3) is 3.18. The van der Waals surface area contributed by atoms with E-state index in [0.717, 1.165) is 48.3 Å². The maximum absolute atomic E-state index is 13.2. The van der Waals surface area contributed by atoms with Crippen LogP contribution in [0.1, 0.15) is 55.3 Å². The zero-order valence-electron chi connectivity index (χ0n) is 15.6. The first-order chi connectivity index (χ1) is 12.5. The van der Waals surface area contributed by atoms with Crippen LogP contribution < -0.4 is 0 Å². The Labute approximate surface area is 159 Å². The number of aryl methyl sites for hydroxylation is 1. The lowest BCUT2D eigenvalue weighted by atomic mass is 9.48. The van der Waals surface area contributed by atoms with Gasteiger partial charge in [-0.3, -0.25) is 4.79 Å². The van der Waals surface area contributed by atoms with Gasteiger partial charge in [0.25, 0.3) is 0 Å². The number of thioether (sulfide) groups is 1. The number of hydrogen-bond donors (Lipinski definition) is 0. The molecule has 4 aliphatic carbocycles. The van der Waals surface area contributed by atoms with Crippen LogP contribution in [-0.4, -0.2) is 23.6 Å². The smallest absolute Gasteiger partial charge is 0.149 e. The van der Waals surface area contributed by atoms with Crippen molar-refractivity contribution in [2.45, 2.75) is 57.1 Å². The van der Waals surface area contributed by atoms with Gasteiger partial charge in [-0.15, -0.1) is 0 Å². The fourth-order valence-electron chi connectivity index (χ4n) is 5.91. The van der Waals surface area contributed by atoms with Crippen LogP contribution >= 0.6 is 11.8 Å². The summed E-state index contributed by atoms with van der Waals surface area (Å²) in [5.74, 6) is 3.15. The molecule has 0 spiro atoms. The number of hydrogen-bond acceptors (Lipinski definition) is 5. The number of Topliss-reactive ketones (excluding diaryl/α,β-unsaturated/α-hetero) is 1. The van der Waals surface area contributed by atoms with E-state index in [1.165, 1.54) is 31.0 Å². The molecular formula is C21H26N2O2S. The largest absolute Gasteiger partial charge is 0.378 e. The molecule has 4 nitrogen and oxygen atoms in total. The highest BCUT2D eigenvalue weighted by Gasteiger charge is 2.54. The molecule has 0 N–H and O–H groups in total. The number of aromatic nitrogens is 1. The van der Waals surface area contributed by atoms with Crippen LogP contribution in [0, 0.1) is 41.4 Å². The van der Waals surface area contributed by atoms with E-state index in [2.05, 4.69) is 11.1 Å². The Bertz CT molecular complexity index is 733. The molecule has 1 aromatic rings. The summed E-state index contributed by atoms with van der Waals surface area (Å²) in [7, 11) is 1.64. The van der Waals surface area contributed by atoms with E-state index in [-0.39, 0.29) is 5.41 Å². The van der Waals surface area contributed by atoms with Gasteiger partial charge < -0.3 is 4.74 Å². The average molecular weight is 371 g/mol. The molecule has 0 aliphatic heterocycles. The molecular weight excluding hydrogens is 344 g/mol. The third-order valence-electron chi connectivity index (χ3n) is 6.61. The molecule has 4 bridgehead atoms. The van der Waals surface area contributed by atoms with Crippen molar-refractivity contribution in [1.29, 1.82) is 5.26 Å². The van der Waals surface area contributed by atoms with E-state index in [4.69, 9.17) is 4.74 Å². The number of ether oxygens (including phenoxy) is 1. The van der Waals surface area contributed by atoms with Gasteiger partial charge in [0, 0.05) is 12.5 Å². The summed E-state index contributed by atoms with van der Waals surface area (Å²) < 4.78 is 5.18. The first kappa shape index (κ1) is 18.0. The Balaban J connectivity index is 1.51. The highest BCUT2D eigenvalue weighted by molar-refractivity contribution is 8.00. The molecule has 4 aliphatic rings. The molecule has 1 aromatic heterocycles. The second kappa shape index (κ2) is 6.98. The fraction of sp³-hybridized carbons (Fsp3) is 0.667. The maximum atomic E-state index is 13.2. The van der Waals surface area contributed by atoms with Crippen molar-refractivity contribution in [2.24, 2.45) is 23.2 Å². The Hall–Kier alpha value is -1.38. The van der Waals surface area contributed by atoms with Gasteiger partial charge in [0.15, 0.2) is 0 Å². The van der Waals surface area contributed by atoms with Crippen LogP contribution in [-0.2, 0) is 16.1 Å². The normalized spacial score (nSPS) is 31.8. The third-order valence-corrected chi connectivity index (χ3v) is 7.59. The molecule has 0 atom stereocenters. The van der Waals surface area contributed by atoms with Crippen molar-refractivity contribution >= 4 is 17.5 Å². The summed E-state index contributed by atoms with van der Waals surface area (Å²) in [6.07, 6.45) is 7.33. The van der Waals surface area contributed by atoms with Crippen LogP contribution in [0.2, 0.25) is 0 Å². The molecule has 4 fully saturated rings. The molecule has 0 aromatic carbocycles. The molecule has 138 valence electrons. The van der Waals surface area contributed by atoms with E-state index in [1.54, 1.807) is 7.11 Å². The number of carbonyl (C=O) groups is 1. The van der Waals surface area contributed by atoms with Crippen molar-refractivity contribution in [3.8, 4) is 6.07 Å². The molecule has 1 heterocycles. The lowest BCUT2D eigenvalue weighted by Gasteiger charge is -2.56. The van der Waals surface area contributed by atoms with E-state index >= 15 is 0 Å². The first-order valence-electron chi connectivity index (χ1n) is 9.58. The van der Waals surface area contributed by atoms with Crippen LogP contribution in [0.4, 0.5) is 0 Å². The summed E-state index contributed by atoms with van der Waals surface area (Å²) in [6, 6.07) is 4.15. The quantitative estimate of drug-likeness (QED) is 0.699. The van der Waals surface area contributed by atoms with Gasteiger partial charge in [0.1, 0.15) is 16.9 Å². The van der Waals surface area contributed by atoms with Gasteiger partial charge in [-0.25, -0.2) is 4.98 Å². The zero-order valence-corrected chi connectivity index (χ0v) is 16.4. The monoisotopic (exact) mass is 370 g/mol. The van der Waals surface area contributed by atoms with Gasteiger partial charge in [0.2, 0.25) is 0 Å². The molecule has 4 saturated carbocycles. The number of methoxy groups -OCH3 is 1. The summed E-state index contributed by atoms with van der Waals surface area (Å²) in [4.78, 5) is 17.8. The minimum absolute atomic E-state index is 0.0757. The summed E-state index contributed by atoms with van der Waals surface area (Å²) in [5.41, 5.74) is 2.23. The molecule has 0 radical (unpaired) electrons. The molecule has 5 heteroatoms. The van der Waals surface area contributed by atoms with E-state index < -0.39 is 0 Å². The summed E-state index contributed by atoms with van der Waals surface area (Å²) >= 11 is 1.44. The summed E-state index contributed by atoms with van der Waals surface area (Å²) in [5, 5.41) is 10.2. The van der Waals surface area contributed by atoms with Crippen LogP contribution in [0.3, 0.4) is 0 Å². The standard InChI is InChI=1S/C21H26N2O2S/c1-13-3-17(11-25-2)23-20(18(13)10-22)26-12-19(24)21-7-14-4-15(8-21)6-16(5-14)9-21/h3,14-16H,4-9,11-12H2,1-2H3. The molecule has 26 heavy (non-hydrogen) atoms. The highest BCUT2D eigenvalue weighted by atomic mass is 32.2. The summed E-state index contributed by atoms with van der Waals surface area (Å²) in [6.45, 7) is 2.34. The zero-order chi connectivity index (χ0) is 18.3. The van der Waals surface area contributed by atoms with Crippen molar-refractivity contribution in [3.63, 3.8) is 0 Å². The average Bonchev–Trinajstić information content (AvgIpc) is 2.58. The van der Waals surface area contributed by atoms with E-state index in [0.29, 0.717) is 28.7 Å². The Morgan fingerprint density at radius 3 is 2.46 bits per heavy atom. The highest BCUT2D eigenvalue weighted by Crippen LogP contribution is 2.60. The lowest BCUT2D eigenvalue weighted by molar-refractivity contribution is -0.141. The Morgan fingerprint density at radius 2 is 1.92 bits per heavy atom. The lowest BCUT2D eigenvalue weighted by Crippen LogP contribution is -2.50. The Morgan fingerprint density at radius 1 is 1.31 bits per heavy atom. The van der Waals surface area contributed by atoms with Gasteiger partial charge in [-0.05, 0) is 74.8 Å². The van der Waals surface area contributed by atoms with Crippen LogP contribution in [0.25, 0.3) is 0 Å². The van der Waals surface area contributed by atoms with Crippen molar-refractivity contribution in [3.05, 3.63) is 22.9 Å². The molecule has 0 amide bonds. The Kier molecular flexibility index (Phi) is 4.83. The van der Waals surface area contributed by atoms with Gasteiger partial charge in [-0.2, -0.15) is 5.26 Å². The number of rotatable bonds is 6. The molecule has 0 unspecified atom stereocenters. The van der Waals surface area contributed by atoms with Gasteiger partial charge in [-0.1, -0.05) is 11.8 Å². The van der Waals surface area contributed by atoms with E-state index in [1.807, 2.05) is 13.0 Å². The minimum Gasteiger partial charge on any atom is -0.378 e. The number of carbonyl (C=O) groups excluding carboxylic acids is 1. The predicted octanol–water partition coefficient (Wildman–Crippen LogP) is 4.29. The van der Waals surface area contributed by atoms with E-state index in [9.17, 15) is 10.1 Å². The maximum Gasteiger partial charge on any atom is 0.149 e. The van der Waals surface area contributed by atoms with Crippen molar-refractivity contribution < 1.29 is 9.53 Å². The van der Waals surface area contributed by atoms with Gasteiger partial charge >= 0.3 is 0 Å². The second-order valence-corrected chi connectivity index (χ2v) is 9.53. The number of nitriles is 1. The number of ketones is 1. The number of pyridine rings is 1. The molecule has 0 saturated heterocycles. The second-order valence-electron chi connectivity index (χ2n) is 8.57. The molecule has 5 rings (SSSR count). The van der Waals surface area contributed by atoms with Crippen molar-refractivity contribution in [1.82, 2.24) is 4.98 Å². The van der Waals surface area contributed by atoms with Crippen LogP contribution in [0.15, 0.2) is 11.1 Å². The van der Waals surface area contributed by atoms with Crippen molar-refractivity contribution in [2.75, 3.05) is 12.9 Å². The minimum atomic E-state index is -0.0757. The van der Waals surface area contributed by atoms with Crippen LogP contribution in [0.5, 0.6) is 0 Å². The first-order valence-corrected chi connectivity index (χ1v) is 10.6. The predicted molar refractivity (Wildman–Crippen MR) is 101 cm³/mol.